The number of pyridine rings is 1. The van der Waals surface area contributed by atoms with Crippen LogP contribution in [0.5, 0.6) is 0 Å². The molecule has 0 aliphatic carbocycles. The highest BCUT2D eigenvalue weighted by molar-refractivity contribution is 5.89. The Kier molecular flexibility index (Phi) is 7.12. The van der Waals surface area contributed by atoms with Crippen LogP contribution in [0.15, 0.2) is 65.8 Å². The summed E-state index contributed by atoms with van der Waals surface area (Å²) in [6.07, 6.45) is 9.99. The van der Waals surface area contributed by atoms with Gasteiger partial charge in [-0.2, -0.15) is 0 Å². The summed E-state index contributed by atoms with van der Waals surface area (Å²) in [5.41, 5.74) is 2.19. The minimum absolute atomic E-state index is 0.294. The molecular formula is C24H28N6O2. The number of amides is 2. The molecule has 2 aromatic heterocycles. The molecule has 3 aromatic rings. The van der Waals surface area contributed by atoms with Gasteiger partial charge < -0.3 is 15.5 Å². The summed E-state index contributed by atoms with van der Waals surface area (Å²) in [4.78, 5) is 34.8. The molecule has 0 saturated carbocycles. The number of benzene rings is 1. The van der Waals surface area contributed by atoms with Gasteiger partial charge >= 0.3 is 11.7 Å². The van der Waals surface area contributed by atoms with Gasteiger partial charge in [-0.1, -0.05) is 31.0 Å². The predicted molar refractivity (Wildman–Crippen MR) is 125 cm³/mol. The van der Waals surface area contributed by atoms with Gasteiger partial charge in [0, 0.05) is 43.9 Å². The van der Waals surface area contributed by atoms with Crippen LogP contribution in [0.3, 0.4) is 0 Å². The van der Waals surface area contributed by atoms with E-state index in [9.17, 15) is 9.59 Å². The standard InChI is InChI=1S/C24H28N6O2/c31-23(27-17-20-9-10-22(26-16-20)29-12-3-1-2-4-13-29)28-21-8-5-7-19(15-21)18-30-14-6-11-25-24(30)32/h5-11,14-16H,1-4,12-13,17-18H2,(H2,27,28,31). The second kappa shape index (κ2) is 10.6. The van der Waals surface area contributed by atoms with Gasteiger partial charge in [-0.25, -0.2) is 19.6 Å². The molecule has 0 spiro atoms. The second-order valence-electron chi connectivity index (χ2n) is 7.96. The summed E-state index contributed by atoms with van der Waals surface area (Å²) in [6, 6.07) is 12.9. The van der Waals surface area contributed by atoms with E-state index in [1.807, 2.05) is 42.6 Å². The molecule has 8 nitrogen and oxygen atoms in total. The van der Waals surface area contributed by atoms with Gasteiger partial charge in [-0.3, -0.25) is 4.57 Å². The highest BCUT2D eigenvalue weighted by atomic mass is 16.2. The van der Waals surface area contributed by atoms with Crippen molar-refractivity contribution in [2.75, 3.05) is 23.3 Å². The number of urea groups is 1. The van der Waals surface area contributed by atoms with E-state index in [1.54, 1.807) is 12.3 Å². The molecule has 2 amide bonds. The maximum absolute atomic E-state index is 12.3. The predicted octanol–water partition coefficient (Wildman–Crippen LogP) is 3.39. The highest BCUT2D eigenvalue weighted by Gasteiger charge is 2.11. The number of carbonyl (C=O) groups excluding carboxylic acids is 1. The van der Waals surface area contributed by atoms with E-state index in [0.717, 1.165) is 30.0 Å². The molecule has 1 aromatic carbocycles. The Morgan fingerprint density at radius 3 is 2.56 bits per heavy atom. The minimum atomic E-state index is -0.306. The summed E-state index contributed by atoms with van der Waals surface area (Å²) in [5, 5.41) is 5.71. The zero-order chi connectivity index (χ0) is 22.2. The average molecular weight is 433 g/mol. The first-order chi connectivity index (χ1) is 15.7. The molecule has 1 aliphatic heterocycles. The van der Waals surface area contributed by atoms with E-state index in [-0.39, 0.29) is 11.7 Å². The van der Waals surface area contributed by atoms with Gasteiger partial charge in [-0.15, -0.1) is 0 Å². The van der Waals surface area contributed by atoms with Crippen LogP contribution in [0, 0.1) is 0 Å². The Labute approximate surface area is 187 Å². The van der Waals surface area contributed by atoms with E-state index in [4.69, 9.17) is 0 Å². The fourth-order valence-corrected chi connectivity index (χ4v) is 3.82. The number of rotatable bonds is 6. The Morgan fingerprint density at radius 1 is 0.969 bits per heavy atom. The maximum Gasteiger partial charge on any atom is 0.347 e. The largest absolute Gasteiger partial charge is 0.357 e. The van der Waals surface area contributed by atoms with E-state index in [2.05, 4.69) is 25.5 Å². The van der Waals surface area contributed by atoms with Crippen molar-refractivity contribution in [3.8, 4) is 0 Å². The van der Waals surface area contributed by atoms with Gasteiger partial charge in [0.1, 0.15) is 5.82 Å². The third-order valence-electron chi connectivity index (χ3n) is 5.51. The van der Waals surface area contributed by atoms with Crippen LogP contribution < -0.4 is 21.2 Å². The molecule has 2 N–H and O–H groups in total. The number of nitrogens with zero attached hydrogens (tertiary/aromatic N) is 4. The van der Waals surface area contributed by atoms with E-state index in [1.165, 1.54) is 36.4 Å². The van der Waals surface area contributed by atoms with Crippen LogP contribution in [-0.2, 0) is 13.1 Å². The third-order valence-corrected chi connectivity index (χ3v) is 5.51. The van der Waals surface area contributed by atoms with Crippen molar-refractivity contribution in [1.82, 2.24) is 19.9 Å². The van der Waals surface area contributed by atoms with Crippen molar-refractivity contribution in [2.45, 2.75) is 38.8 Å². The lowest BCUT2D eigenvalue weighted by Gasteiger charge is -2.21. The summed E-state index contributed by atoms with van der Waals surface area (Å²) < 4.78 is 1.52. The van der Waals surface area contributed by atoms with Gasteiger partial charge in [0.25, 0.3) is 0 Å². The lowest BCUT2D eigenvalue weighted by Crippen LogP contribution is -2.28. The van der Waals surface area contributed by atoms with Crippen LogP contribution >= 0.6 is 0 Å². The average Bonchev–Trinajstić information content (AvgIpc) is 3.10. The number of nitrogens with one attached hydrogen (secondary N) is 2. The number of hydrogen-bond donors (Lipinski definition) is 2. The lowest BCUT2D eigenvalue weighted by molar-refractivity contribution is 0.251. The van der Waals surface area contributed by atoms with Crippen LogP contribution in [0.4, 0.5) is 16.3 Å². The van der Waals surface area contributed by atoms with Crippen molar-refractivity contribution in [2.24, 2.45) is 0 Å². The van der Waals surface area contributed by atoms with Crippen LogP contribution in [-0.4, -0.2) is 33.7 Å². The highest BCUT2D eigenvalue weighted by Crippen LogP contribution is 2.17. The smallest absolute Gasteiger partial charge is 0.347 e. The fraction of sp³-hybridized carbons (Fsp3) is 0.333. The Hall–Kier alpha value is -3.68. The molecule has 32 heavy (non-hydrogen) atoms. The van der Waals surface area contributed by atoms with E-state index < -0.39 is 0 Å². The van der Waals surface area contributed by atoms with Crippen molar-refractivity contribution in [3.05, 3.63) is 82.7 Å². The zero-order valence-corrected chi connectivity index (χ0v) is 18.0. The Morgan fingerprint density at radius 2 is 1.81 bits per heavy atom. The molecule has 0 unspecified atom stereocenters. The van der Waals surface area contributed by atoms with E-state index >= 15 is 0 Å². The first-order valence-electron chi connectivity index (χ1n) is 11.0. The normalized spacial score (nSPS) is 13.9. The molecular weight excluding hydrogens is 404 g/mol. The van der Waals surface area contributed by atoms with Crippen molar-refractivity contribution in [3.63, 3.8) is 0 Å². The first kappa shape index (κ1) is 21.5. The molecule has 1 aliphatic rings. The molecule has 3 heterocycles. The van der Waals surface area contributed by atoms with Gasteiger partial charge in [0.05, 0.1) is 6.54 Å². The van der Waals surface area contributed by atoms with Gasteiger partial charge in [-0.05, 0) is 48.2 Å². The van der Waals surface area contributed by atoms with Crippen molar-refractivity contribution >= 4 is 17.5 Å². The molecule has 8 heteroatoms. The SMILES string of the molecule is O=C(NCc1ccc(N2CCCCCC2)nc1)Nc1cccc(Cn2cccnc2=O)c1. The van der Waals surface area contributed by atoms with E-state index in [0.29, 0.717) is 18.8 Å². The monoisotopic (exact) mass is 432 g/mol. The number of anilines is 2. The molecule has 0 atom stereocenters. The van der Waals surface area contributed by atoms with Crippen LogP contribution in [0.2, 0.25) is 0 Å². The summed E-state index contributed by atoms with van der Waals surface area (Å²) in [7, 11) is 0. The second-order valence-corrected chi connectivity index (χ2v) is 7.96. The Bertz CT molecular complexity index is 1090. The molecule has 0 bridgehead atoms. The molecule has 0 radical (unpaired) electrons. The first-order valence-corrected chi connectivity index (χ1v) is 11.0. The quantitative estimate of drug-likeness (QED) is 0.623. The fourth-order valence-electron chi connectivity index (χ4n) is 3.82. The Balaban J connectivity index is 1.29. The number of aromatic nitrogens is 3. The minimum Gasteiger partial charge on any atom is -0.357 e. The third kappa shape index (κ3) is 5.94. The molecule has 4 rings (SSSR count). The summed E-state index contributed by atoms with van der Waals surface area (Å²) >= 11 is 0. The van der Waals surface area contributed by atoms with Gasteiger partial charge in [0.15, 0.2) is 0 Å². The zero-order valence-electron chi connectivity index (χ0n) is 18.0. The number of hydrogen-bond acceptors (Lipinski definition) is 5. The lowest BCUT2D eigenvalue weighted by atomic mass is 10.2. The topological polar surface area (TPSA) is 92.2 Å². The number of carbonyl (C=O) groups is 1. The molecule has 1 saturated heterocycles. The van der Waals surface area contributed by atoms with Crippen LogP contribution in [0.1, 0.15) is 36.8 Å². The van der Waals surface area contributed by atoms with Crippen molar-refractivity contribution in [1.29, 1.82) is 0 Å². The van der Waals surface area contributed by atoms with Crippen LogP contribution in [0.25, 0.3) is 0 Å². The maximum atomic E-state index is 12.3. The van der Waals surface area contributed by atoms with Gasteiger partial charge in [0.2, 0.25) is 0 Å². The molecule has 166 valence electrons. The summed E-state index contributed by atoms with van der Waals surface area (Å²) in [6.45, 7) is 2.89. The molecule has 1 fully saturated rings. The summed E-state index contributed by atoms with van der Waals surface area (Å²) in [5.74, 6) is 1.00. The van der Waals surface area contributed by atoms with Crippen molar-refractivity contribution < 1.29 is 4.79 Å².